The Labute approximate surface area is 187 Å². The van der Waals surface area contributed by atoms with Gasteiger partial charge >= 0.3 is 0 Å². The number of furan rings is 1. The van der Waals surface area contributed by atoms with Crippen LogP contribution in [0.3, 0.4) is 0 Å². The van der Waals surface area contributed by atoms with Crippen LogP contribution in [0.25, 0.3) is 11.3 Å². The molecule has 4 rings (SSSR count). The molecule has 0 unspecified atom stereocenters. The molecule has 3 amide bonds. The highest BCUT2D eigenvalue weighted by molar-refractivity contribution is 6.06. The van der Waals surface area contributed by atoms with Crippen molar-refractivity contribution >= 4 is 29.1 Å². The largest absolute Gasteiger partial charge is 0.451 e. The lowest BCUT2D eigenvalue weighted by Gasteiger charge is -2.03. The number of nitrogens with zero attached hydrogens (tertiary/aromatic N) is 2. The van der Waals surface area contributed by atoms with E-state index < -0.39 is 17.7 Å². The van der Waals surface area contributed by atoms with Gasteiger partial charge in [-0.1, -0.05) is 0 Å². The fourth-order valence-electron chi connectivity index (χ4n) is 3.35. The van der Waals surface area contributed by atoms with E-state index in [1.165, 1.54) is 34.9 Å². The lowest BCUT2D eigenvalue weighted by atomic mass is 10.2. The van der Waals surface area contributed by atoms with Crippen molar-refractivity contribution in [2.24, 2.45) is 19.8 Å². The molecular formula is C23H20FN5O4. The molecule has 0 aliphatic rings. The summed E-state index contributed by atoms with van der Waals surface area (Å²) >= 11 is 0. The molecule has 9 nitrogen and oxygen atoms in total. The second-order valence-electron chi connectivity index (χ2n) is 7.39. The highest BCUT2D eigenvalue weighted by atomic mass is 19.1. The van der Waals surface area contributed by atoms with E-state index in [2.05, 4.69) is 10.6 Å². The molecule has 1 aromatic carbocycles. The van der Waals surface area contributed by atoms with Crippen LogP contribution in [0.2, 0.25) is 0 Å². The number of amides is 3. The predicted molar refractivity (Wildman–Crippen MR) is 119 cm³/mol. The number of hydrogen-bond acceptors (Lipinski definition) is 4. The van der Waals surface area contributed by atoms with Crippen molar-refractivity contribution in [3.8, 4) is 11.3 Å². The number of nitrogens with one attached hydrogen (secondary N) is 2. The van der Waals surface area contributed by atoms with E-state index in [1.807, 2.05) is 0 Å². The van der Waals surface area contributed by atoms with Gasteiger partial charge < -0.3 is 29.9 Å². The van der Waals surface area contributed by atoms with Gasteiger partial charge in [-0.25, -0.2) is 4.39 Å². The van der Waals surface area contributed by atoms with Crippen LogP contribution in [0.4, 0.5) is 15.8 Å². The van der Waals surface area contributed by atoms with Crippen LogP contribution in [0.5, 0.6) is 0 Å². The topological polar surface area (TPSA) is 124 Å². The van der Waals surface area contributed by atoms with E-state index in [4.69, 9.17) is 10.2 Å². The highest BCUT2D eigenvalue weighted by Gasteiger charge is 2.18. The molecule has 4 N–H and O–H groups in total. The highest BCUT2D eigenvalue weighted by Crippen LogP contribution is 2.24. The maximum Gasteiger partial charge on any atom is 0.291 e. The fraction of sp³-hybridized carbons (Fsp3) is 0.0870. The molecule has 3 heterocycles. The van der Waals surface area contributed by atoms with Crippen LogP contribution < -0.4 is 16.4 Å². The van der Waals surface area contributed by atoms with Crippen molar-refractivity contribution in [1.82, 2.24) is 9.13 Å². The van der Waals surface area contributed by atoms with Crippen LogP contribution in [0.15, 0.2) is 65.3 Å². The van der Waals surface area contributed by atoms with E-state index in [1.54, 1.807) is 49.3 Å². The lowest BCUT2D eigenvalue weighted by Crippen LogP contribution is -2.15. The monoisotopic (exact) mass is 449 g/mol. The predicted octanol–water partition coefficient (Wildman–Crippen LogP) is 3.37. The zero-order valence-corrected chi connectivity index (χ0v) is 17.8. The Morgan fingerprint density at radius 3 is 2.03 bits per heavy atom. The van der Waals surface area contributed by atoms with Gasteiger partial charge in [0.25, 0.3) is 17.7 Å². The third-order valence-electron chi connectivity index (χ3n) is 4.97. The summed E-state index contributed by atoms with van der Waals surface area (Å²) in [7, 11) is 3.30. The number of hydrogen-bond donors (Lipinski definition) is 3. The third-order valence-corrected chi connectivity index (χ3v) is 4.97. The number of rotatable bonds is 6. The fourth-order valence-corrected chi connectivity index (χ4v) is 3.35. The Morgan fingerprint density at radius 1 is 0.848 bits per heavy atom. The first kappa shape index (κ1) is 21.6. The molecule has 0 spiro atoms. The quantitative estimate of drug-likeness (QED) is 0.417. The van der Waals surface area contributed by atoms with Crippen molar-refractivity contribution in [3.05, 3.63) is 83.9 Å². The zero-order chi connectivity index (χ0) is 23.7. The zero-order valence-electron chi connectivity index (χ0n) is 17.8. The molecule has 0 bridgehead atoms. The Kier molecular flexibility index (Phi) is 5.57. The molecular weight excluding hydrogens is 429 g/mol. The SMILES string of the molecule is Cn1cc(NC(=O)c2cc(NC(=O)c3ccc(-c4ccc(F)cc4)o3)cn2C)cc1C(N)=O. The van der Waals surface area contributed by atoms with Crippen LogP contribution in [0, 0.1) is 5.82 Å². The molecule has 33 heavy (non-hydrogen) atoms. The van der Waals surface area contributed by atoms with E-state index in [-0.39, 0.29) is 23.0 Å². The second kappa shape index (κ2) is 8.50. The lowest BCUT2D eigenvalue weighted by molar-refractivity contribution is 0.0986. The summed E-state index contributed by atoms with van der Waals surface area (Å²) in [5.41, 5.74) is 7.26. The summed E-state index contributed by atoms with van der Waals surface area (Å²) in [4.78, 5) is 36.6. The van der Waals surface area contributed by atoms with Gasteiger partial charge in [-0.05, 0) is 48.5 Å². The standard InChI is InChI=1S/C23H20FN5O4/c1-28-11-15(9-17(28)21(25)30)26-22(31)18-10-16(12-29(18)2)27-23(32)20-8-7-19(33-20)13-3-5-14(24)6-4-13/h3-12H,1-2H3,(H2,25,30)(H,26,31)(H,27,32). The van der Waals surface area contributed by atoms with Gasteiger partial charge in [0.2, 0.25) is 0 Å². The summed E-state index contributed by atoms with van der Waals surface area (Å²) in [6.07, 6.45) is 3.15. The number of benzene rings is 1. The summed E-state index contributed by atoms with van der Waals surface area (Å²) in [6, 6.07) is 11.8. The second-order valence-corrected chi connectivity index (χ2v) is 7.39. The summed E-state index contributed by atoms with van der Waals surface area (Å²) in [6.45, 7) is 0. The van der Waals surface area contributed by atoms with Crippen molar-refractivity contribution < 1.29 is 23.2 Å². The van der Waals surface area contributed by atoms with Crippen LogP contribution in [-0.4, -0.2) is 26.9 Å². The molecule has 0 saturated carbocycles. The van der Waals surface area contributed by atoms with Gasteiger partial charge in [-0.15, -0.1) is 0 Å². The average Bonchev–Trinajstić information content (AvgIpc) is 3.47. The van der Waals surface area contributed by atoms with E-state index in [0.29, 0.717) is 22.7 Å². The number of aryl methyl sites for hydroxylation is 2. The smallest absolute Gasteiger partial charge is 0.291 e. The van der Waals surface area contributed by atoms with Crippen molar-refractivity contribution in [2.75, 3.05) is 10.6 Å². The van der Waals surface area contributed by atoms with Crippen molar-refractivity contribution in [1.29, 1.82) is 0 Å². The molecule has 168 valence electrons. The normalized spacial score (nSPS) is 10.8. The molecule has 4 aromatic rings. The maximum atomic E-state index is 13.1. The van der Waals surface area contributed by atoms with Crippen LogP contribution in [-0.2, 0) is 14.1 Å². The number of carbonyl (C=O) groups is 3. The van der Waals surface area contributed by atoms with Gasteiger partial charge in [0.05, 0.1) is 11.4 Å². The first-order valence-electron chi connectivity index (χ1n) is 9.82. The van der Waals surface area contributed by atoms with Crippen molar-refractivity contribution in [2.45, 2.75) is 0 Å². The number of halogens is 1. The minimum Gasteiger partial charge on any atom is -0.451 e. The van der Waals surface area contributed by atoms with Crippen LogP contribution in [0.1, 0.15) is 31.5 Å². The minimum atomic E-state index is -0.609. The molecule has 10 heteroatoms. The van der Waals surface area contributed by atoms with Gasteiger partial charge in [0.15, 0.2) is 5.76 Å². The minimum absolute atomic E-state index is 0.0625. The van der Waals surface area contributed by atoms with E-state index in [0.717, 1.165) is 0 Å². The summed E-state index contributed by atoms with van der Waals surface area (Å²) in [5, 5.41) is 5.37. The Hall–Kier alpha value is -4.60. The Bertz CT molecular complexity index is 1360. The van der Waals surface area contributed by atoms with Crippen LogP contribution >= 0.6 is 0 Å². The van der Waals surface area contributed by atoms with Gasteiger partial charge in [-0.2, -0.15) is 0 Å². The first-order valence-corrected chi connectivity index (χ1v) is 9.82. The molecule has 0 atom stereocenters. The number of anilines is 2. The molecule has 0 saturated heterocycles. The molecule has 0 aliphatic heterocycles. The summed E-state index contributed by atoms with van der Waals surface area (Å²) in [5.74, 6) is -1.43. The molecule has 0 fully saturated rings. The molecule has 0 radical (unpaired) electrons. The summed E-state index contributed by atoms with van der Waals surface area (Å²) < 4.78 is 21.7. The Balaban J connectivity index is 1.45. The Morgan fingerprint density at radius 2 is 1.42 bits per heavy atom. The third kappa shape index (κ3) is 4.54. The van der Waals surface area contributed by atoms with E-state index in [9.17, 15) is 18.8 Å². The number of primary amides is 1. The van der Waals surface area contributed by atoms with Gasteiger partial charge in [0.1, 0.15) is 23.0 Å². The number of nitrogens with two attached hydrogens (primary N) is 1. The van der Waals surface area contributed by atoms with E-state index >= 15 is 0 Å². The maximum absolute atomic E-state index is 13.1. The number of carbonyl (C=O) groups excluding carboxylic acids is 3. The van der Waals surface area contributed by atoms with Gasteiger partial charge in [0, 0.05) is 32.1 Å². The average molecular weight is 449 g/mol. The molecule has 3 aromatic heterocycles. The number of aromatic nitrogens is 2. The molecule has 0 aliphatic carbocycles. The first-order chi connectivity index (χ1) is 15.7. The van der Waals surface area contributed by atoms with Gasteiger partial charge in [-0.3, -0.25) is 14.4 Å². The van der Waals surface area contributed by atoms with Crippen molar-refractivity contribution in [3.63, 3.8) is 0 Å².